The minimum absolute atomic E-state index is 0.123. The Morgan fingerprint density at radius 1 is 1.12 bits per heavy atom. The first-order chi connectivity index (χ1) is 12.6. The minimum Gasteiger partial charge on any atom is -0.459 e. The number of pyridine rings is 1. The van der Waals surface area contributed by atoms with Crippen LogP contribution >= 0.6 is 0 Å². The van der Waals surface area contributed by atoms with Crippen molar-refractivity contribution < 1.29 is 4.42 Å². The Kier molecular flexibility index (Phi) is 4.31. The van der Waals surface area contributed by atoms with Gasteiger partial charge in [-0.1, -0.05) is 24.3 Å². The van der Waals surface area contributed by atoms with Crippen molar-refractivity contribution in [3.05, 3.63) is 77.7 Å². The lowest BCUT2D eigenvalue weighted by Crippen LogP contribution is -2.18. The summed E-state index contributed by atoms with van der Waals surface area (Å²) in [4.78, 5) is 8.78. The van der Waals surface area contributed by atoms with Gasteiger partial charge in [-0.05, 0) is 44.0 Å². The summed E-state index contributed by atoms with van der Waals surface area (Å²) in [7, 11) is 0. The summed E-state index contributed by atoms with van der Waals surface area (Å²) < 4.78 is 8.01. The van der Waals surface area contributed by atoms with E-state index in [2.05, 4.69) is 41.3 Å². The molecule has 0 spiro atoms. The van der Waals surface area contributed by atoms with Gasteiger partial charge in [0.1, 0.15) is 23.0 Å². The van der Waals surface area contributed by atoms with Crippen molar-refractivity contribution in [3.63, 3.8) is 0 Å². The molecule has 1 atom stereocenters. The molecule has 132 valence electrons. The van der Waals surface area contributed by atoms with E-state index >= 15 is 0 Å². The molecule has 0 saturated heterocycles. The third-order valence-electron chi connectivity index (χ3n) is 4.77. The predicted molar refractivity (Wildman–Crippen MR) is 102 cm³/mol. The Morgan fingerprint density at radius 3 is 2.65 bits per heavy atom. The van der Waals surface area contributed by atoms with E-state index in [1.165, 1.54) is 10.9 Å². The lowest BCUT2D eigenvalue weighted by atomic mass is 10.1. The molecule has 0 aliphatic rings. The van der Waals surface area contributed by atoms with Crippen molar-refractivity contribution in [2.45, 2.75) is 33.4 Å². The second kappa shape index (κ2) is 6.77. The number of nitrogens with one attached hydrogen (secondary N) is 1. The van der Waals surface area contributed by atoms with Crippen molar-refractivity contribution in [3.8, 4) is 5.82 Å². The summed E-state index contributed by atoms with van der Waals surface area (Å²) >= 11 is 0. The van der Waals surface area contributed by atoms with Crippen LogP contribution in [0.15, 0.2) is 59.4 Å². The summed E-state index contributed by atoms with van der Waals surface area (Å²) in [5, 5.41) is 4.71. The molecule has 26 heavy (non-hydrogen) atoms. The maximum atomic E-state index is 6.04. The van der Waals surface area contributed by atoms with E-state index in [4.69, 9.17) is 4.42 Å². The summed E-state index contributed by atoms with van der Waals surface area (Å²) in [6, 6.07) is 12.4. The van der Waals surface area contributed by atoms with Gasteiger partial charge in [0.2, 0.25) is 0 Å². The van der Waals surface area contributed by atoms with Crippen LogP contribution in [-0.4, -0.2) is 14.5 Å². The molecule has 0 bridgehead atoms. The number of aromatic nitrogens is 3. The Bertz CT molecular complexity index is 1030. The zero-order chi connectivity index (χ0) is 18.1. The molecule has 5 nitrogen and oxygen atoms in total. The van der Waals surface area contributed by atoms with Crippen molar-refractivity contribution in [1.29, 1.82) is 0 Å². The highest BCUT2D eigenvalue weighted by Crippen LogP contribution is 2.29. The Hall–Kier alpha value is -2.92. The van der Waals surface area contributed by atoms with Crippen LogP contribution in [0.4, 0.5) is 0 Å². The van der Waals surface area contributed by atoms with Crippen molar-refractivity contribution >= 4 is 11.0 Å². The lowest BCUT2D eigenvalue weighted by molar-refractivity contribution is 0.447. The second-order valence-electron chi connectivity index (χ2n) is 6.56. The number of hydrogen-bond donors (Lipinski definition) is 1. The number of imidazole rings is 1. The number of rotatable bonds is 5. The molecule has 0 fully saturated rings. The molecule has 0 aliphatic heterocycles. The van der Waals surface area contributed by atoms with Crippen LogP contribution in [0.1, 0.15) is 35.7 Å². The zero-order valence-corrected chi connectivity index (χ0v) is 15.2. The fourth-order valence-electron chi connectivity index (χ4n) is 3.25. The minimum atomic E-state index is 0.123. The third kappa shape index (κ3) is 3.02. The van der Waals surface area contributed by atoms with Crippen molar-refractivity contribution in [1.82, 2.24) is 19.9 Å². The van der Waals surface area contributed by atoms with Gasteiger partial charge in [0, 0.05) is 30.5 Å². The van der Waals surface area contributed by atoms with Crippen LogP contribution in [0.5, 0.6) is 0 Å². The van der Waals surface area contributed by atoms with E-state index < -0.39 is 0 Å². The molecule has 3 heterocycles. The van der Waals surface area contributed by atoms with Crippen LogP contribution < -0.4 is 5.32 Å². The number of furan rings is 1. The molecular formula is C21H22N4O. The molecule has 4 aromatic rings. The molecule has 1 N–H and O–H groups in total. The molecular weight excluding hydrogens is 324 g/mol. The Morgan fingerprint density at radius 2 is 1.96 bits per heavy atom. The van der Waals surface area contributed by atoms with Crippen LogP contribution in [-0.2, 0) is 6.54 Å². The Balaban J connectivity index is 1.46. The maximum absolute atomic E-state index is 6.04. The van der Waals surface area contributed by atoms with Crippen LogP contribution in [0, 0.1) is 13.8 Å². The summed E-state index contributed by atoms with van der Waals surface area (Å²) in [6.45, 7) is 6.94. The molecule has 0 unspecified atom stereocenters. The van der Waals surface area contributed by atoms with E-state index in [-0.39, 0.29) is 6.04 Å². The highest BCUT2D eigenvalue weighted by molar-refractivity contribution is 5.82. The summed E-state index contributed by atoms with van der Waals surface area (Å²) in [5.74, 6) is 2.80. The quantitative estimate of drug-likeness (QED) is 0.579. The topological polar surface area (TPSA) is 55.9 Å². The molecule has 5 heteroatoms. The lowest BCUT2D eigenvalue weighted by Gasteiger charge is -2.13. The smallest absolute Gasteiger partial charge is 0.137 e. The van der Waals surface area contributed by atoms with Crippen LogP contribution in [0.3, 0.4) is 0 Å². The number of benzene rings is 1. The fourth-order valence-corrected chi connectivity index (χ4v) is 3.25. The molecule has 0 saturated carbocycles. The van der Waals surface area contributed by atoms with Gasteiger partial charge in [0.25, 0.3) is 0 Å². The summed E-state index contributed by atoms with van der Waals surface area (Å²) in [5.41, 5.74) is 3.27. The average Bonchev–Trinajstić information content (AvgIpc) is 3.24. The Labute approximate surface area is 152 Å². The first-order valence-electron chi connectivity index (χ1n) is 8.80. The van der Waals surface area contributed by atoms with Crippen LogP contribution in [0.2, 0.25) is 0 Å². The number of fused-ring (bicyclic) bond motifs is 1. The highest BCUT2D eigenvalue weighted by atomic mass is 16.3. The second-order valence-corrected chi connectivity index (χ2v) is 6.56. The number of hydrogen-bond acceptors (Lipinski definition) is 4. The average molecular weight is 346 g/mol. The first kappa shape index (κ1) is 16.5. The first-order valence-corrected chi connectivity index (χ1v) is 8.80. The van der Waals surface area contributed by atoms with Gasteiger partial charge in [0.15, 0.2) is 0 Å². The maximum Gasteiger partial charge on any atom is 0.137 e. The molecule has 0 aliphatic carbocycles. The van der Waals surface area contributed by atoms with Gasteiger partial charge >= 0.3 is 0 Å². The highest BCUT2D eigenvalue weighted by Gasteiger charge is 2.16. The standard InChI is InChI=1S/C21H22N4O/c1-14-18-6-4-5-7-19(18)26-21(14)15(2)23-12-17-8-9-20(24-13-17)25-11-10-22-16(25)3/h4-11,13,15,23H,12H2,1-3H3/t15-/m1/s1. The molecule has 4 rings (SSSR count). The van der Waals surface area contributed by atoms with E-state index in [0.717, 1.165) is 35.1 Å². The zero-order valence-electron chi connectivity index (χ0n) is 15.2. The third-order valence-corrected chi connectivity index (χ3v) is 4.77. The van der Waals surface area contributed by atoms with Gasteiger partial charge in [-0.25, -0.2) is 9.97 Å². The van der Waals surface area contributed by atoms with Gasteiger partial charge < -0.3 is 9.73 Å². The van der Waals surface area contributed by atoms with E-state index in [0.29, 0.717) is 0 Å². The summed E-state index contributed by atoms with van der Waals surface area (Å²) in [6.07, 6.45) is 5.60. The normalized spacial score (nSPS) is 12.6. The molecule has 1 aromatic carbocycles. The monoisotopic (exact) mass is 346 g/mol. The predicted octanol–water partition coefficient (Wildman–Crippen LogP) is 4.48. The number of aryl methyl sites for hydroxylation is 2. The van der Waals surface area contributed by atoms with E-state index in [9.17, 15) is 0 Å². The largest absolute Gasteiger partial charge is 0.459 e. The molecule has 0 amide bonds. The van der Waals surface area contributed by atoms with Gasteiger partial charge in [-0.3, -0.25) is 4.57 Å². The van der Waals surface area contributed by atoms with E-state index in [1.807, 2.05) is 48.1 Å². The van der Waals surface area contributed by atoms with E-state index in [1.54, 1.807) is 6.20 Å². The fraction of sp³-hybridized carbons (Fsp3) is 0.238. The van der Waals surface area contributed by atoms with Crippen LogP contribution in [0.25, 0.3) is 16.8 Å². The number of para-hydroxylation sites is 1. The van der Waals surface area contributed by atoms with Crippen molar-refractivity contribution in [2.75, 3.05) is 0 Å². The van der Waals surface area contributed by atoms with Gasteiger partial charge in [0.05, 0.1) is 6.04 Å². The van der Waals surface area contributed by atoms with Crippen molar-refractivity contribution in [2.24, 2.45) is 0 Å². The van der Waals surface area contributed by atoms with Gasteiger partial charge in [-0.15, -0.1) is 0 Å². The number of nitrogens with zero attached hydrogens (tertiary/aromatic N) is 3. The van der Waals surface area contributed by atoms with Gasteiger partial charge in [-0.2, -0.15) is 0 Å². The molecule has 0 radical (unpaired) electrons. The SMILES string of the molecule is Cc1c([C@@H](C)NCc2ccc(-n3ccnc3C)nc2)oc2ccccc12. The molecule has 3 aromatic heterocycles.